The molecule has 0 unspecified atom stereocenters. The molecule has 3 nitrogen and oxygen atoms in total. The molecule has 0 aromatic rings. The Morgan fingerprint density at radius 1 is 1.17 bits per heavy atom. The second-order valence-corrected chi connectivity index (χ2v) is 3.01. The molecule has 0 heterocycles. The standard InChI is InChI=1S/Fe.H3O3PS/c;1-4(2,3)5/h;(H3,1,2,3,5). The van der Waals surface area contributed by atoms with E-state index in [-0.39, 0.29) is 17.1 Å². The van der Waals surface area contributed by atoms with Crippen LogP contribution in [0.2, 0.25) is 0 Å². The summed E-state index contributed by atoms with van der Waals surface area (Å²) < 4.78 is 0. The molecule has 0 saturated carbocycles. The first-order chi connectivity index (χ1) is 2.00. The van der Waals surface area contributed by atoms with Crippen molar-refractivity contribution in [3.05, 3.63) is 0 Å². The smallest absolute Gasteiger partial charge is 0.319 e. The maximum atomic E-state index is 7.56. The Morgan fingerprint density at radius 3 is 1.17 bits per heavy atom. The van der Waals surface area contributed by atoms with Crippen molar-refractivity contribution < 1.29 is 31.7 Å². The molecule has 3 N–H and O–H groups in total. The second kappa shape index (κ2) is 3.10. The van der Waals surface area contributed by atoms with E-state index in [1.54, 1.807) is 0 Å². The third kappa shape index (κ3) is 75.2. The first kappa shape index (κ1) is 10.1. The van der Waals surface area contributed by atoms with Gasteiger partial charge in [0.25, 0.3) is 0 Å². The molecule has 40 valence electrons. The predicted octanol–water partition coefficient (Wildman–Crippen LogP) is -0.815. The monoisotopic (exact) mass is 170 g/mol. The molecule has 0 aromatic heterocycles. The van der Waals surface area contributed by atoms with Gasteiger partial charge in [-0.25, -0.2) is 0 Å². The first-order valence-electron chi connectivity index (χ1n) is 0.783. The number of hydrogen-bond acceptors (Lipinski definition) is 1. The summed E-state index contributed by atoms with van der Waals surface area (Å²) >= 11 is 3.60. The summed E-state index contributed by atoms with van der Waals surface area (Å²) in [4.78, 5) is 22.7. The van der Waals surface area contributed by atoms with Gasteiger partial charge >= 0.3 is 6.72 Å². The fourth-order valence-corrected chi connectivity index (χ4v) is 0. The van der Waals surface area contributed by atoms with Crippen LogP contribution < -0.4 is 0 Å². The van der Waals surface area contributed by atoms with Gasteiger partial charge in [-0.1, -0.05) is 0 Å². The van der Waals surface area contributed by atoms with Crippen LogP contribution in [0.15, 0.2) is 0 Å². The second-order valence-electron chi connectivity index (χ2n) is 0.513. The largest absolute Gasteiger partial charge is 0.325 e. The molecule has 6 heteroatoms. The van der Waals surface area contributed by atoms with Gasteiger partial charge in [0.05, 0.1) is 0 Å². The molecule has 0 aliphatic rings. The average molecular weight is 170 g/mol. The molecule has 0 bridgehead atoms. The summed E-state index contributed by atoms with van der Waals surface area (Å²) in [5.74, 6) is 0. The zero-order valence-corrected chi connectivity index (χ0v) is 5.37. The van der Waals surface area contributed by atoms with Crippen LogP contribution in [0, 0.1) is 0 Å². The van der Waals surface area contributed by atoms with E-state index in [2.05, 4.69) is 11.8 Å². The van der Waals surface area contributed by atoms with Crippen LogP contribution in [0.4, 0.5) is 0 Å². The minimum Gasteiger partial charge on any atom is -0.325 e. The normalized spacial score (nSPS) is 9.83. The zero-order valence-electron chi connectivity index (χ0n) is 2.55. The van der Waals surface area contributed by atoms with Gasteiger partial charge in [-0.05, 0) is 11.8 Å². The fraction of sp³-hybridized carbons (Fsp3) is 0. The van der Waals surface area contributed by atoms with E-state index < -0.39 is 6.72 Å². The van der Waals surface area contributed by atoms with Crippen LogP contribution >= 0.6 is 6.72 Å². The predicted molar refractivity (Wildman–Crippen MR) is 20.9 cm³/mol. The van der Waals surface area contributed by atoms with Crippen LogP contribution in [0.5, 0.6) is 0 Å². The summed E-state index contributed by atoms with van der Waals surface area (Å²) in [6.45, 7) is -3.81. The quantitative estimate of drug-likeness (QED) is 0.328. The Labute approximate surface area is 50.7 Å². The molecule has 6 heavy (non-hydrogen) atoms. The Morgan fingerprint density at radius 2 is 1.17 bits per heavy atom. The van der Waals surface area contributed by atoms with Crippen LogP contribution in [-0.2, 0) is 28.9 Å². The summed E-state index contributed by atoms with van der Waals surface area (Å²) in [7, 11) is 0. The van der Waals surface area contributed by atoms with Crippen LogP contribution in [0.25, 0.3) is 0 Å². The maximum Gasteiger partial charge on any atom is 0.319 e. The van der Waals surface area contributed by atoms with Crippen molar-refractivity contribution in [1.82, 2.24) is 0 Å². The molecule has 0 aliphatic carbocycles. The van der Waals surface area contributed by atoms with Crippen molar-refractivity contribution in [2.75, 3.05) is 0 Å². The van der Waals surface area contributed by atoms with Crippen LogP contribution in [0.1, 0.15) is 0 Å². The van der Waals surface area contributed by atoms with Crippen molar-refractivity contribution in [3.8, 4) is 0 Å². The van der Waals surface area contributed by atoms with E-state index in [0.717, 1.165) is 0 Å². The molecule has 0 spiro atoms. The zero-order chi connectivity index (χ0) is 4.50. The maximum absolute atomic E-state index is 7.56. The molecular weight excluding hydrogens is 167 g/mol. The van der Waals surface area contributed by atoms with Crippen molar-refractivity contribution >= 4 is 18.5 Å². The average Bonchev–Trinajstić information content (AvgIpc) is 0.722. The van der Waals surface area contributed by atoms with Gasteiger partial charge < -0.3 is 14.7 Å². The SMILES string of the molecule is OP(O)(O)=S.[Fe]. The summed E-state index contributed by atoms with van der Waals surface area (Å²) in [5.41, 5.74) is 0. The van der Waals surface area contributed by atoms with E-state index in [0.29, 0.717) is 0 Å². The molecule has 0 atom stereocenters. The Hall–Kier alpha value is 1.05. The van der Waals surface area contributed by atoms with E-state index in [4.69, 9.17) is 14.7 Å². The van der Waals surface area contributed by atoms with Crippen molar-refractivity contribution in [1.29, 1.82) is 0 Å². The van der Waals surface area contributed by atoms with Crippen LogP contribution in [-0.4, -0.2) is 14.7 Å². The molecule has 0 aliphatic heterocycles. The minimum absolute atomic E-state index is 0. The number of hydrogen-bond donors (Lipinski definition) is 3. The molecule has 0 aromatic carbocycles. The minimum atomic E-state index is -3.81. The van der Waals surface area contributed by atoms with Crippen molar-refractivity contribution in [3.63, 3.8) is 0 Å². The Balaban J connectivity index is 0. The van der Waals surface area contributed by atoms with Gasteiger partial charge in [-0.3, -0.25) is 0 Å². The first-order valence-corrected chi connectivity index (χ1v) is 3.44. The summed E-state index contributed by atoms with van der Waals surface area (Å²) in [6, 6.07) is 0. The Kier molecular flexibility index (Phi) is 5.23. The van der Waals surface area contributed by atoms with E-state index in [1.807, 2.05) is 0 Å². The molecular formula is H3FeO3PS. The van der Waals surface area contributed by atoms with E-state index >= 15 is 0 Å². The third-order valence-corrected chi connectivity index (χ3v) is 0. The van der Waals surface area contributed by atoms with Crippen molar-refractivity contribution in [2.45, 2.75) is 0 Å². The third-order valence-electron chi connectivity index (χ3n) is 0. The molecule has 0 radical (unpaired) electrons. The van der Waals surface area contributed by atoms with Gasteiger partial charge in [0.2, 0.25) is 0 Å². The molecule has 0 fully saturated rings. The number of rotatable bonds is 0. The van der Waals surface area contributed by atoms with Gasteiger partial charge in [-0.15, -0.1) is 0 Å². The summed E-state index contributed by atoms with van der Waals surface area (Å²) in [5, 5.41) is 0. The fourth-order valence-electron chi connectivity index (χ4n) is 0. The Bertz CT molecular complexity index is 56.9. The molecule has 0 rings (SSSR count). The van der Waals surface area contributed by atoms with Crippen LogP contribution in [0.3, 0.4) is 0 Å². The van der Waals surface area contributed by atoms with E-state index in [1.165, 1.54) is 0 Å². The van der Waals surface area contributed by atoms with Gasteiger partial charge in [0.1, 0.15) is 0 Å². The van der Waals surface area contributed by atoms with Gasteiger partial charge in [-0.2, -0.15) is 0 Å². The topological polar surface area (TPSA) is 60.7 Å². The molecule has 0 amide bonds. The van der Waals surface area contributed by atoms with Crippen molar-refractivity contribution in [2.24, 2.45) is 0 Å². The van der Waals surface area contributed by atoms with E-state index in [9.17, 15) is 0 Å². The summed E-state index contributed by atoms with van der Waals surface area (Å²) in [6.07, 6.45) is 0. The van der Waals surface area contributed by atoms with Gasteiger partial charge in [0, 0.05) is 17.1 Å². The molecule has 0 saturated heterocycles. The van der Waals surface area contributed by atoms with Gasteiger partial charge in [0.15, 0.2) is 0 Å².